The molecule has 0 amide bonds. The van der Waals surface area contributed by atoms with E-state index in [1.807, 2.05) is 16.9 Å². The van der Waals surface area contributed by atoms with E-state index in [-0.39, 0.29) is 34.4 Å². The summed E-state index contributed by atoms with van der Waals surface area (Å²) in [5.41, 5.74) is 3.69. The predicted molar refractivity (Wildman–Crippen MR) is 128 cm³/mol. The fourth-order valence-corrected chi connectivity index (χ4v) is 5.09. The number of nitrogens with zero attached hydrogens (tertiary/aromatic N) is 4. The molecule has 1 aliphatic rings. The summed E-state index contributed by atoms with van der Waals surface area (Å²) in [5, 5.41) is 21.2. The molecule has 5 rings (SSSR count). The molecular weight excluding hydrogens is 496 g/mol. The molecule has 0 atom stereocenters. The maximum atomic E-state index is 13.1. The van der Waals surface area contributed by atoms with Crippen molar-refractivity contribution in [1.29, 1.82) is 5.26 Å². The van der Waals surface area contributed by atoms with E-state index in [9.17, 15) is 8.42 Å². The van der Waals surface area contributed by atoms with Gasteiger partial charge in [0, 0.05) is 24.8 Å². The Bertz CT molecular complexity index is 1540. The van der Waals surface area contributed by atoms with Crippen molar-refractivity contribution in [1.82, 2.24) is 20.3 Å². The van der Waals surface area contributed by atoms with Crippen molar-refractivity contribution in [2.75, 3.05) is 18.9 Å². The van der Waals surface area contributed by atoms with Crippen LogP contribution in [0.15, 0.2) is 45.9 Å². The average Bonchev–Trinajstić information content (AvgIpc) is 3.53. The molecule has 0 radical (unpaired) electrons. The number of rotatable bonds is 7. The Morgan fingerprint density at radius 3 is 2.71 bits per heavy atom. The molecule has 0 saturated carbocycles. The van der Waals surface area contributed by atoms with Crippen molar-refractivity contribution in [3.05, 3.63) is 58.9 Å². The van der Waals surface area contributed by atoms with Crippen molar-refractivity contribution in [3.8, 4) is 17.6 Å². The summed E-state index contributed by atoms with van der Waals surface area (Å²) in [4.78, 5) is -0.137. The van der Waals surface area contributed by atoms with E-state index >= 15 is 0 Å². The van der Waals surface area contributed by atoms with Crippen LogP contribution in [0.5, 0.6) is 11.5 Å². The minimum atomic E-state index is -4.11. The molecule has 11 nitrogen and oxygen atoms in total. The molecule has 0 saturated heterocycles. The number of nitriles is 1. The van der Waals surface area contributed by atoms with Gasteiger partial charge in [0.15, 0.2) is 11.4 Å². The number of hydrogen-bond acceptors (Lipinski definition) is 9. The Morgan fingerprint density at radius 2 is 2.00 bits per heavy atom. The van der Waals surface area contributed by atoms with Crippen molar-refractivity contribution in [2.24, 2.45) is 0 Å². The van der Waals surface area contributed by atoms with E-state index in [1.165, 1.54) is 38.0 Å². The van der Waals surface area contributed by atoms with E-state index in [0.717, 1.165) is 24.3 Å². The summed E-state index contributed by atoms with van der Waals surface area (Å²) < 4.78 is 46.6. The largest absolute Gasteiger partial charge is 0.496 e. The van der Waals surface area contributed by atoms with Gasteiger partial charge in [-0.2, -0.15) is 10.4 Å². The Morgan fingerprint density at radius 1 is 1.20 bits per heavy atom. The zero-order chi connectivity index (χ0) is 23.9. The number of benzene rings is 2. The number of aromatic nitrogens is 3. The van der Waals surface area contributed by atoms with Gasteiger partial charge >= 0.3 is 0 Å². The highest BCUT2D eigenvalue weighted by Gasteiger charge is 2.25. The highest BCUT2D eigenvalue weighted by atomic mass is 35.5. The minimum Gasteiger partial charge on any atom is -0.496 e. The molecule has 4 aromatic rings. The molecule has 0 unspecified atom stereocenters. The van der Waals surface area contributed by atoms with E-state index in [2.05, 4.69) is 20.3 Å². The van der Waals surface area contributed by atoms with Crippen LogP contribution in [0.4, 0.5) is 5.82 Å². The second kappa shape index (κ2) is 9.46. The smallest absolute Gasteiger partial charge is 0.266 e. The minimum absolute atomic E-state index is 0. The predicted octanol–water partition coefficient (Wildman–Crippen LogP) is 2.79. The Balaban J connectivity index is 0.00000289. The van der Waals surface area contributed by atoms with Gasteiger partial charge in [-0.05, 0) is 35.9 Å². The lowest BCUT2D eigenvalue weighted by Gasteiger charge is -2.11. The van der Waals surface area contributed by atoms with Crippen molar-refractivity contribution >= 4 is 39.2 Å². The van der Waals surface area contributed by atoms with Crippen LogP contribution in [0.2, 0.25) is 0 Å². The lowest BCUT2D eigenvalue weighted by Crippen LogP contribution is -2.14. The van der Waals surface area contributed by atoms with Crippen LogP contribution in [-0.2, 0) is 29.7 Å². The maximum Gasteiger partial charge on any atom is 0.266 e. The standard InChI is InChI=1S/C22H20N6O5S.ClH/c1-31-17-5-13(8-23)3-4-20(17)34(29,30)27-22-21-18(32-2)6-14(7-19(21)33-26-22)11-28-12-15-9-24-10-16(15)25-28;/h3-7,12,24H,9-11H2,1-2H3,(H,26,27);1H. The van der Waals surface area contributed by atoms with Gasteiger partial charge in [0.25, 0.3) is 10.0 Å². The van der Waals surface area contributed by atoms with Crippen LogP contribution in [0, 0.1) is 11.3 Å². The van der Waals surface area contributed by atoms with Crippen molar-refractivity contribution in [3.63, 3.8) is 0 Å². The van der Waals surface area contributed by atoms with Crippen LogP contribution in [0.1, 0.15) is 22.4 Å². The summed E-state index contributed by atoms with van der Waals surface area (Å²) in [6, 6.07) is 9.57. The van der Waals surface area contributed by atoms with Gasteiger partial charge in [0.1, 0.15) is 21.8 Å². The first-order valence-electron chi connectivity index (χ1n) is 10.2. The van der Waals surface area contributed by atoms with Gasteiger partial charge in [-0.3, -0.25) is 9.40 Å². The highest BCUT2D eigenvalue weighted by Crippen LogP contribution is 2.36. The van der Waals surface area contributed by atoms with Gasteiger partial charge in [0.05, 0.1) is 38.1 Å². The van der Waals surface area contributed by atoms with Gasteiger partial charge in [-0.1, -0.05) is 5.16 Å². The molecule has 35 heavy (non-hydrogen) atoms. The fraction of sp³-hybridized carbons (Fsp3) is 0.227. The summed E-state index contributed by atoms with van der Waals surface area (Å²) in [6.45, 7) is 2.04. The van der Waals surface area contributed by atoms with Crippen LogP contribution in [0.25, 0.3) is 11.0 Å². The molecule has 0 spiro atoms. The monoisotopic (exact) mass is 516 g/mol. The summed E-state index contributed by atoms with van der Waals surface area (Å²) in [6.07, 6.45) is 2.00. The molecule has 1 aliphatic heterocycles. The molecule has 2 N–H and O–H groups in total. The molecule has 13 heteroatoms. The molecule has 0 aliphatic carbocycles. The number of halogens is 1. The number of methoxy groups -OCH3 is 2. The first kappa shape index (κ1) is 24.3. The Kier molecular flexibility index (Phi) is 6.58. The first-order valence-corrected chi connectivity index (χ1v) is 11.7. The SMILES string of the molecule is COc1cc(C#N)ccc1S(=O)(=O)Nc1noc2cc(Cn3cc4c(n3)CNC4)cc(OC)c12.Cl. The first-order chi connectivity index (χ1) is 16.4. The summed E-state index contributed by atoms with van der Waals surface area (Å²) >= 11 is 0. The fourth-order valence-electron chi connectivity index (χ4n) is 3.94. The molecule has 2 aromatic carbocycles. The average molecular weight is 517 g/mol. The number of sulfonamides is 1. The van der Waals surface area contributed by atoms with Crippen LogP contribution >= 0.6 is 12.4 Å². The number of hydrogen-bond donors (Lipinski definition) is 2. The number of ether oxygens (including phenoxy) is 2. The second-order valence-electron chi connectivity index (χ2n) is 7.69. The van der Waals surface area contributed by atoms with Gasteiger partial charge in [0.2, 0.25) is 0 Å². The van der Waals surface area contributed by atoms with Gasteiger partial charge in [-0.25, -0.2) is 8.42 Å². The maximum absolute atomic E-state index is 13.1. The highest BCUT2D eigenvalue weighted by molar-refractivity contribution is 7.92. The molecule has 0 bridgehead atoms. The normalized spacial score (nSPS) is 12.6. The van der Waals surface area contributed by atoms with Crippen molar-refractivity contribution in [2.45, 2.75) is 24.5 Å². The van der Waals surface area contributed by atoms with Crippen molar-refractivity contribution < 1.29 is 22.4 Å². The van der Waals surface area contributed by atoms with Crippen LogP contribution in [0.3, 0.4) is 0 Å². The summed E-state index contributed by atoms with van der Waals surface area (Å²) in [7, 11) is -1.29. The zero-order valence-corrected chi connectivity index (χ0v) is 20.4. The molecule has 182 valence electrons. The van der Waals surface area contributed by atoms with E-state index < -0.39 is 10.0 Å². The third-order valence-electron chi connectivity index (χ3n) is 5.51. The molecular formula is C22H21ClN6O5S. The van der Waals surface area contributed by atoms with Gasteiger partial charge in [-0.15, -0.1) is 12.4 Å². The lowest BCUT2D eigenvalue weighted by molar-refractivity contribution is 0.402. The third-order valence-corrected chi connectivity index (χ3v) is 6.89. The number of anilines is 1. The van der Waals surface area contributed by atoms with Crippen LogP contribution < -0.4 is 19.5 Å². The quantitative estimate of drug-likeness (QED) is 0.378. The molecule has 2 aromatic heterocycles. The van der Waals surface area contributed by atoms with E-state index in [0.29, 0.717) is 23.3 Å². The number of fused-ring (bicyclic) bond motifs is 2. The zero-order valence-electron chi connectivity index (χ0n) is 18.7. The number of nitrogens with one attached hydrogen (secondary N) is 2. The molecule has 0 fully saturated rings. The lowest BCUT2D eigenvalue weighted by atomic mass is 10.1. The van der Waals surface area contributed by atoms with E-state index in [4.69, 9.17) is 19.3 Å². The Labute approximate surface area is 207 Å². The third kappa shape index (κ3) is 4.49. The van der Waals surface area contributed by atoms with Gasteiger partial charge < -0.3 is 19.3 Å². The topological polar surface area (TPSA) is 144 Å². The van der Waals surface area contributed by atoms with E-state index in [1.54, 1.807) is 12.1 Å². The second-order valence-corrected chi connectivity index (χ2v) is 9.34. The molecule has 3 heterocycles. The summed E-state index contributed by atoms with van der Waals surface area (Å²) in [5.74, 6) is 0.420. The Hall–Kier alpha value is -3.79. The van der Waals surface area contributed by atoms with Crippen LogP contribution in [-0.4, -0.2) is 37.6 Å².